The predicted octanol–water partition coefficient (Wildman–Crippen LogP) is 4.10. The van der Waals surface area contributed by atoms with Gasteiger partial charge < -0.3 is 14.5 Å². The first-order valence-corrected chi connectivity index (χ1v) is 11.9. The van der Waals surface area contributed by atoms with Gasteiger partial charge in [0.15, 0.2) is 11.3 Å². The number of aryl methyl sites for hydroxylation is 1. The van der Waals surface area contributed by atoms with Gasteiger partial charge in [-0.25, -0.2) is 0 Å². The molecule has 0 aliphatic heterocycles. The van der Waals surface area contributed by atoms with Crippen LogP contribution in [0.4, 0.5) is 5.69 Å². The summed E-state index contributed by atoms with van der Waals surface area (Å²) in [4.78, 5) is 15.4. The van der Waals surface area contributed by atoms with Crippen molar-refractivity contribution in [1.29, 1.82) is 0 Å². The molecule has 8 nitrogen and oxygen atoms in total. The number of carbonyl (C=O) groups is 1. The molecule has 1 amide bonds. The molecule has 0 radical (unpaired) electrons. The monoisotopic (exact) mass is 477 g/mol. The topological polar surface area (TPSA) is 110 Å². The maximum atomic E-state index is 13.3. The van der Waals surface area contributed by atoms with Crippen LogP contribution in [-0.4, -0.2) is 21.4 Å². The van der Waals surface area contributed by atoms with E-state index in [9.17, 15) is 13.2 Å². The Balaban J connectivity index is 1.83. The van der Waals surface area contributed by atoms with Crippen LogP contribution < -0.4 is 20.4 Å². The van der Waals surface area contributed by atoms with Gasteiger partial charge in [-0.2, -0.15) is 13.2 Å². The zero-order valence-corrected chi connectivity index (χ0v) is 19.6. The molecule has 1 aromatic heterocycles. The van der Waals surface area contributed by atoms with Crippen molar-refractivity contribution in [3.05, 3.63) is 95.0 Å². The summed E-state index contributed by atoms with van der Waals surface area (Å²) in [6.07, 6.45) is 0. The van der Waals surface area contributed by atoms with Crippen LogP contribution in [-0.2, 0) is 10.0 Å². The molecule has 0 fully saturated rings. The third kappa shape index (κ3) is 4.65. The zero-order valence-electron chi connectivity index (χ0n) is 18.8. The molecule has 34 heavy (non-hydrogen) atoms. The molecule has 0 aliphatic rings. The number of benzene rings is 3. The molecule has 2 N–H and O–H groups in total. The van der Waals surface area contributed by atoms with Crippen molar-refractivity contribution in [3.8, 4) is 5.75 Å². The lowest BCUT2D eigenvalue weighted by Crippen LogP contribution is -2.27. The van der Waals surface area contributed by atoms with E-state index >= 15 is 0 Å². The molecule has 1 heterocycles. The Labute approximate surface area is 196 Å². The number of rotatable bonds is 6. The summed E-state index contributed by atoms with van der Waals surface area (Å²) in [5.74, 6) is -0.0822. The van der Waals surface area contributed by atoms with Gasteiger partial charge in [0.05, 0.1) is 12.0 Å². The summed E-state index contributed by atoms with van der Waals surface area (Å²) >= 11 is 0. The van der Waals surface area contributed by atoms with Crippen molar-refractivity contribution in [2.24, 2.45) is 5.10 Å². The zero-order chi connectivity index (χ0) is 24.3. The average Bonchev–Trinajstić information content (AvgIpc) is 2.85. The lowest BCUT2D eigenvalue weighted by molar-refractivity contribution is 0.102. The Morgan fingerprint density at radius 1 is 0.971 bits per heavy atom. The number of carbonyl (C=O) groups excluding carboxylic acids is 1. The van der Waals surface area contributed by atoms with E-state index in [2.05, 4.69) is 15.2 Å². The van der Waals surface area contributed by atoms with Crippen LogP contribution >= 0.6 is 0 Å². The summed E-state index contributed by atoms with van der Waals surface area (Å²) in [7, 11) is -2.49. The summed E-state index contributed by atoms with van der Waals surface area (Å²) in [5.41, 5.74) is 2.74. The smallest absolute Gasteiger partial charge is 0.276 e. The van der Waals surface area contributed by atoms with Crippen LogP contribution in [0, 0.1) is 13.8 Å². The maximum Gasteiger partial charge on any atom is 0.276 e. The second-order valence-corrected chi connectivity index (χ2v) is 9.23. The van der Waals surface area contributed by atoms with Crippen LogP contribution in [0.5, 0.6) is 5.75 Å². The first-order chi connectivity index (χ1) is 16.3. The third-order valence-corrected chi connectivity index (χ3v) is 6.60. The van der Waals surface area contributed by atoms with Crippen molar-refractivity contribution in [2.75, 3.05) is 12.4 Å². The van der Waals surface area contributed by atoms with Crippen molar-refractivity contribution in [1.82, 2.24) is 4.83 Å². The fraction of sp³-hybridized carbons (Fsp3) is 0.120. The van der Waals surface area contributed by atoms with Gasteiger partial charge in [-0.3, -0.25) is 4.79 Å². The summed E-state index contributed by atoms with van der Waals surface area (Å²) < 4.78 is 36.6. The number of methoxy groups -OCH3 is 1. The number of sulfonamides is 1. The third-order valence-electron chi connectivity index (χ3n) is 5.38. The Bertz CT molecular complexity index is 1540. The first kappa shape index (κ1) is 23.1. The van der Waals surface area contributed by atoms with Gasteiger partial charge in [0.1, 0.15) is 5.56 Å². The number of nitrogens with one attached hydrogen (secondary N) is 2. The van der Waals surface area contributed by atoms with Crippen molar-refractivity contribution >= 4 is 32.6 Å². The highest BCUT2D eigenvalue weighted by atomic mass is 32.2. The molecule has 0 saturated carbocycles. The second-order valence-electron chi connectivity index (χ2n) is 7.57. The average molecular weight is 478 g/mol. The second kappa shape index (κ2) is 9.40. The number of amides is 1. The largest absolute Gasteiger partial charge is 0.493 e. The quantitative estimate of drug-likeness (QED) is 0.406. The van der Waals surface area contributed by atoms with E-state index in [0.717, 1.165) is 11.1 Å². The molecular formula is C25H23N3O5S. The SMILES string of the molecule is COc1cccc2cc(C(=O)Nc3cccc(C)c3C)/c(=N\NS(=O)(=O)c3ccccc3)oc12. The van der Waals surface area contributed by atoms with E-state index in [1.165, 1.54) is 19.2 Å². The van der Waals surface area contributed by atoms with Gasteiger partial charge in [0, 0.05) is 11.1 Å². The number of hydrogen-bond acceptors (Lipinski definition) is 6. The molecule has 174 valence electrons. The van der Waals surface area contributed by atoms with Crippen molar-refractivity contribution in [2.45, 2.75) is 18.7 Å². The van der Waals surface area contributed by atoms with E-state index < -0.39 is 15.9 Å². The Morgan fingerprint density at radius 3 is 2.44 bits per heavy atom. The Hall–Kier alpha value is -4.11. The van der Waals surface area contributed by atoms with E-state index in [-0.39, 0.29) is 16.0 Å². The summed E-state index contributed by atoms with van der Waals surface area (Å²) in [6, 6.07) is 20.1. The van der Waals surface area contributed by atoms with Crippen LogP contribution in [0.3, 0.4) is 0 Å². The fourth-order valence-corrected chi connectivity index (χ4v) is 4.19. The highest BCUT2D eigenvalue weighted by Gasteiger charge is 2.18. The molecule has 0 saturated heterocycles. The lowest BCUT2D eigenvalue weighted by Gasteiger charge is -2.11. The van der Waals surface area contributed by atoms with E-state index in [1.54, 1.807) is 48.5 Å². The number of fused-ring (bicyclic) bond motifs is 1. The minimum absolute atomic E-state index is 0.0264. The number of hydrogen-bond donors (Lipinski definition) is 2. The van der Waals surface area contributed by atoms with Crippen LogP contribution in [0.2, 0.25) is 0 Å². The molecule has 4 rings (SSSR count). The molecular weight excluding hydrogens is 454 g/mol. The van der Waals surface area contributed by atoms with Gasteiger partial charge >= 0.3 is 0 Å². The number of nitrogens with zero attached hydrogens (tertiary/aromatic N) is 1. The van der Waals surface area contributed by atoms with Gasteiger partial charge in [-0.15, -0.1) is 5.10 Å². The van der Waals surface area contributed by atoms with Gasteiger partial charge in [-0.1, -0.05) is 42.5 Å². The van der Waals surface area contributed by atoms with E-state index in [0.29, 0.717) is 22.4 Å². The highest BCUT2D eigenvalue weighted by molar-refractivity contribution is 7.89. The summed E-state index contributed by atoms with van der Waals surface area (Å²) in [6.45, 7) is 3.85. The van der Waals surface area contributed by atoms with Crippen LogP contribution in [0.1, 0.15) is 21.5 Å². The lowest BCUT2D eigenvalue weighted by atomic mass is 10.1. The van der Waals surface area contributed by atoms with Crippen LogP contribution in [0.15, 0.2) is 87.2 Å². The van der Waals surface area contributed by atoms with Gasteiger partial charge in [0.2, 0.25) is 5.55 Å². The minimum atomic E-state index is -3.98. The predicted molar refractivity (Wildman–Crippen MR) is 129 cm³/mol. The van der Waals surface area contributed by atoms with Crippen molar-refractivity contribution < 1.29 is 22.4 Å². The molecule has 0 unspecified atom stereocenters. The molecule has 3 aromatic carbocycles. The van der Waals surface area contributed by atoms with Gasteiger partial charge in [-0.05, 0) is 55.3 Å². The van der Waals surface area contributed by atoms with Crippen LogP contribution in [0.25, 0.3) is 11.0 Å². The van der Waals surface area contributed by atoms with Gasteiger partial charge in [0.25, 0.3) is 15.9 Å². The fourth-order valence-electron chi connectivity index (χ4n) is 3.36. The standard InChI is InChI=1S/C25H23N3O5S/c1-16-9-7-13-21(17(16)2)26-24(29)20-15-18-10-8-14-22(32-3)23(18)33-25(20)27-28-34(30,31)19-11-5-4-6-12-19/h4-15,28H,1-3H3,(H,26,29)/b27-25+. The molecule has 0 spiro atoms. The normalized spacial score (nSPS) is 11.9. The number of anilines is 1. The molecule has 0 atom stereocenters. The molecule has 0 bridgehead atoms. The molecule has 0 aliphatic carbocycles. The number of para-hydroxylation sites is 1. The Kier molecular flexibility index (Phi) is 6.38. The maximum absolute atomic E-state index is 13.3. The highest BCUT2D eigenvalue weighted by Crippen LogP contribution is 2.25. The van der Waals surface area contributed by atoms with E-state index in [1.807, 2.05) is 26.0 Å². The minimum Gasteiger partial charge on any atom is -0.493 e. The summed E-state index contributed by atoms with van der Waals surface area (Å²) in [5, 5.41) is 7.42. The Morgan fingerprint density at radius 2 is 1.71 bits per heavy atom. The molecule has 9 heteroatoms. The first-order valence-electron chi connectivity index (χ1n) is 10.4. The van der Waals surface area contributed by atoms with Crippen molar-refractivity contribution in [3.63, 3.8) is 0 Å². The molecule has 4 aromatic rings. The number of ether oxygens (including phenoxy) is 1. The van der Waals surface area contributed by atoms with E-state index in [4.69, 9.17) is 9.15 Å².